The number of ether oxygens (including phenoxy) is 2. The number of fused-ring (bicyclic) bond motifs is 3. The van der Waals surface area contributed by atoms with Gasteiger partial charge in [-0.25, -0.2) is 0 Å². The lowest BCUT2D eigenvalue weighted by Gasteiger charge is -2.28. The molecule has 0 aliphatic carbocycles. The predicted octanol–water partition coefficient (Wildman–Crippen LogP) is 2.43. The maximum atomic E-state index is 12.8. The Kier molecular flexibility index (Phi) is 5.42. The first-order valence-corrected chi connectivity index (χ1v) is 8.70. The highest BCUT2D eigenvalue weighted by Gasteiger charge is 2.37. The van der Waals surface area contributed by atoms with E-state index in [1.54, 1.807) is 0 Å². The van der Waals surface area contributed by atoms with Crippen molar-refractivity contribution in [1.82, 2.24) is 10.2 Å². The summed E-state index contributed by atoms with van der Waals surface area (Å²) in [6, 6.07) is 4.43. The van der Waals surface area contributed by atoms with Gasteiger partial charge in [-0.3, -0.25) is 4.79 Å². The minimum absolute atomic E-state index is 0. The summed E-state index contributed by atoms with van der Waals surface area (Å²) in [6.45, 7) is 2.93. The second-order valence-corrected chi connectivity index (χ2v) is 6.86. The van der Waals surface area contributed by atoms with E-state index in [-0.39, 0.29) is 18.3 Å². The van der Waals surface area contributed by atoms with E-state index < -0.39 is 0 Å². The van der Waals surface area contributed by atoms with Crippen molar-refractivity contribution in [2.24, 2.45) is 0 Å². The van der Waals surface area contributed by atoms with E-state index in [9.17, 15) is 4.79 Å². The van der Waals surface area contributed by atoms with Crippen LogP contribution in [-0.2, 0) is 11.2 Å². The Morgan fingerprint density at radius 1 is 1.21 bits per heavy atom. The highest BCUT2D eigenvalue weighted by molar-refractivity contribution is 6.32. The van der Waals surface area contributed by atoms with Crippen molar-refractivity contribution in [3.63, 3.8) is 0 Å². The summed E-state index contributed by atoms with van der Waals surface area (Å²) in [5.74, 6) is 1.43. The quantitative estimate of drug-likeness (QED) is 0.865. The van der Waals surface area contributed by atoms with Crippen molar-refractivity contribution in [2.75, 3.05) is 26.3 Å². The Bertz CT molecular complexity index is 612. The Hall–Kier alpha value is -1.17. The van der Waals surface area contributed by atoms with Crippen molar-refractivity contribution in [3.8, 4) is 11.5 Å². The van der Waals surface area contributed by atoms with Gasteiger partial charge in [0.05, 0.1) is 11.4 Å². The van der Waals surface area contributed by atoms with Gasteiger partial charge >= 0.3 is 0 Å². The Balaban J connectivity index is 0.00000169. The van der Waals surface area contributed by atoms with Gasteiger partial charge in [-0.05, 0) is 43.5 Å². The lowest BCUT2D eigenvalue weighted by molar-refractivity contribution is -0.133. The van der Waals surface area contributed by atoms with Gasteiger partial charge in [0.1, 0.15) is 13.2 Å². The van der Waals surface area contributed by atoms with Gasteiger partial charge in [0.15, 0.2) is 11.5 Å². The van der Waals surface area contributed by atoms with Crippen molar-refractivity contribution >= 4 is 29.9 Å². The van der Waals surface area contributed by atoms with Crippen molar-refractivity contribution in [3.05, 3.63) is 22.7 Å². The van der Waals surface area contributed by atoms with E-state index in [1.165, 1.54) is 0 Å². The third-order valence-corrected chi connectivity index (χ3v) is 5.23. The largest absolute Gasteiger partial charge is 0.486 e. The molecule has 1 N–H and O–H groups in total. The first-order valence-electron chi connectivity index (χ1n) is 8.32. The Labute approximate surface area is 153 Å². The smallest absolute Gasteiger partial charge is 0.227 e. The number of hydrogen-bond acceptors (Lipinski definition) is 4. The molecule has 132 valence electrons. The van der Waals surface area contributed by atoms with Gasteiger partial charge in [0.2, 0.25) is 5.91 Å². The van der Waals surface area contributed by atoms with E-state index >= 15 is 0 Å². The summed E-state index contributed by atoms with van der Waals surface area (Å²) in [5.41, 5.74) is 0.890. The van der Waals surface area contributed by atoms with Crippen LogP contribution >= 0.6 is 24.0 Å². The van der Waals surface area contributed by atoms with Crippen LogP contribution in [-0.4, -0.2) is 49.2 Å². The molecule has 2 fully saturated rings. The molecule has 0 saturated carbocycles. The number of benzene rings is 1. The van der Waals surface area contributed by atoms with Gasteiger partial charge in [-0.15, -0.1) is 12.4 Å². The topological polar surface area (TPSA) is 50.8 Å². The number of halogens is 2. The third kappa shape index (κ3) is 3.30. The van der Waals surface area contributed by atoms with Crippen LogP contribution < -0.4 is 14.8 Å². The van der Waals surface area contributed by atoms with Crippen molar-refractivity contribution in [2.45, 2.75) is 37.8 Å². The molecule has 1 amide bonds. The average Bonchev–Trinajstić information content (AvgIpc) is 2.80. The molecule has 2 unspecified atom stereocenters. The lowest BCUT2D eigenvalue weighted by atomic mass is 10.1. The SMILES string of the molecule is Cl.O=C(Cc1cc(Cl)c2c(c1)OCCO2)N1C2CCNCC1CC2. The molecule has 1 aromatic carbocycles. The van der Waals surface area contributed by atoms with Gasteiger partial charge in [-0.1, -0.05) is 11.6 Å². The Morgan fingerprint density at radius 2 is 2.00 bits per heavy atom. The zero-order valence-electron chi connectivity index (χ0n) is 13.4. The van der Waals surface area contributed by atoms with Crippen LogP contribution in [0.4, 0.5) is 0 Å². The first-order chi connectivity index (χ1) is 11.2. The number of hydrogen-bond donors (Lipinski definition) is 1. The molecule has 0 aromatic heterocycles. The van der Waals surface area contributed by atoms with Crippen molar-refractivity contribution < 1.29 is 14.3 Å². The van der Waals surface area contributed by atoms with Crippen LogP contribution in [0.1, 0.15) is 24.8 Å². The monoisotopic (exact) mass is 372 g/mol. The molecule has 0 radical (unpaired) electrons. The summed E-state index contributed by atoms with van der Waals surface area (Å²) < 4.78 is 11.1. The molecule has 3 aliphatic rings. The average molecular weight is 373 g/mol. The van der Waals surface area contributed by atoms with Gasteiger partial charge in [0.25, 0.3) is 0 Å². The molecule has 24 heavy (non-hydrogen) atoms. The number of amides is 1. The van der Waals surface area contributed by atoms with Crippen LogP contribution in [0.5, 0.6) is 11.5 Å². The molecule has 7 heteroatoms. The van der Waals surface area contributed by atoms with E-state index in [0.29, 0.717) is 48.2 Å². The summed E-state index contributed by atoms with van der Waals surface area (Å²) in [6.07, 6.45) is 3.64. The minimum Gasteiger partial charge on any atom is -0.486 e. The third-order valence-electron chi connectivity index (χ3n) is 4.95. The number of rotatable bonds is 2. The van der Waals surface area contributed by atoms with Crippen molar-refractivity contribution in [1.29, 1.82) is 0 Å². The normalized spacial score (nSPS) is 25.0. The second-order valence-electron chi connectivity index (χ2n) is 6.46. The summed E-state index contributed by atoms with van der Waals surface area (Å²) in [5, 5.41) is 3.94. The van der Waals surface area contributed by atoms with Gasteiger partial charge in [0, 0.05) is 18.6 Å². The summed E-state index contributed by atoms with van der Waals surface area (Å²) in [7, 11) is 0. The fourth-order valence-corrected chi connectivity index (χ4v) is 4.21. The van der Waals surface area contributed by atoms with E-state index in [0.717, 1.165) is 37.9 Å². The molecule has 1 aromatic rings. The maximum Gasteiger partial charge on any atom is 0.227 e. The van der Waals surface area contributed by atoms with Crippen LogP contribution in [0.25, 0.3) is 0 Å². The molecular weight excluding hydrogens is 351 g/mol. The van der Waals surface area contributed by atoms with Crippen LogP contribution in [0, 0.1) is 0 Å². The summed E-state index contributed by atoms with van der Waals surface area (Å²) >= 11 is 6.27. The van der Waals surface area contributed by atoms with Gasteiger partial charge in [-0.2, -0.15) is 0 Å². The fourth-order valence-electron chi connectivity index (χ4n) is 3.92. The van der Waals surface area contributed by atoms with E-state index in [4.69, 9.17) is 21.1 Å². The molecule has 2 bridgehead atoms. The zero-order chi connectivity index (χ0) is 15.8. The zero-order valence-corrected chi connectivity index (χ0v) is 15.0. The molecule has 3 aliphatic heterocycles. The standard InChI is InChI=1S/C17H21ClN2O3.ClH/c18-14-7-11(8-15-17(14)23-6-5-22-15)9-16(21)20-12-1-2-13(20)10-19-4-3-12;/h7-8,12-13,19H,1-6,9-10H2;1H. The van der Waals surface area contributed by atoms with E-state index in [2.05, 4.69) is 10.2 Å². The molecule has 0 spiro atoms. The van der Waals surface area contributed by atoms with Gasteiger partial charge < -0.3 is 19.7 Å². The molecule has 4 rings (SSSR count). The molecule has 5 nitrogen and oxygen atoms in total. The minimum atomic E-state index is 0. The van der Waals surface area contributed by atoms with Crippen LogP contribution in [0.2, 0.25) is 5.02 Å². The first kappa shape index (κ1) is 17.6. The van der Waals surface area contributed by atoms with Crippen LogP contribution in [0.3, 0.4) is 0 Å². The number of carbonyl (C=O) groups excluding carboxylic acids is 1. The molecular formula is C17H22Cl2N2O3. The predicted molar refractivity (Wildman–Crippen MR) is 94.5 cm³/mol. The van der Waals surface area contributed by atoms with E-state index in [1.807, 2.05) is 12.1 Å². The molecule has 2 atom stereocenters. The maximum absolute atomic E-state index is 12.8. The molecule has 2 saturated heterocycles. The molecule has 3 heterocycles. The second kappa shape index (κ2) is 7.38. The summed E-state index contributed by atoms with van der Waals surface area (Å²) in [4.78, 5) is 14.9. The number of nitrogens with one attached hydrogen (secondary N) is 1. The fraction of sp³-hybridized carbons (Fsp3) is 0.588. The number of carbonyl (C=O) groups is 1. The Morgan fingerprint density at radius 3 is 2.88 bits per heavy atom. The lowest BCUT2D eigenvalue weighted by Crippen LogP contribution is -2.43. The number of nitrogens with zero attached hydrogens (tertiary/aromatic N) is 1. The van der Waals surface area contributed by atoms with Crippen LogP contribution in [0.15, 0.2) is 12.1 Å². The highest BCUT2D eigenvalue weighted by Crippen LogP contribution is 2.38. The highest BCUT2D eigenvalue weighted by atomic mass is 35.5.